The van der Waals surface area contributed by atoms with Crippen molar-refractivity contribution >= 4 is 21.6 Å². The third kappa shape index (κ3) is 2.80. The summed E-state index contributed by atoms with van der Waals surface area (Å²) in [7, 11) is 0. The molecule has 2 aromatic rings. The van der Waals surface area contributed by atoms with E-state index in [1.165, 1.54) is 11.1 Å². The number of halogens is 1. The summed E-state index contributed by atoms with van der Waals surface area (Å²) in [4.78, 5) is 0. The van der Waals surface area contributed by atoms with Crippen molar-refractivity contribution in [2.24, 2.45) is 0 Å². The minimum Gasteiger partial charge on any atom is -0.486 e. The molecule has 0 spiro atoms. The van der Waals surface area contributed by atoms with Gasteiger partial charge in [0, 0.05) is 0 Å². The van der Waals surface area contributed by atoms with E-state index in [1.807, 2.05) is 30.3 Å². The van der Waals surface area contributed by atoms with Crippen LogP contribution in [0.1, 0.15) is 11.1 Å². The minimum atomic E-state index is 0.527. The highest BCUT2D eigenvalue weighted by molar-refractivity contribution is 9.10. The van der Waals surface area contributed by atoms with E-state index in [1.54, 1.807) is 0 Å². The average Bonchev–Trinajstić information content (AvgIpc) is 2.30. The number of benzene rings is 2. The fraction of sp³-hybridized carbons (Fsp3) is 0.143. The average molecular weight is 292 g/mol. The molecule has 0 bridgehead atoms. The Hall–Kier alpha value is -1.48. The molecule has 0 unspecified atom stereocenters. The Balaban J connectivity index is 2.16. The summed E-state index contributed by atoms with van der Waals surface area (Å²) in [6.45, 7) is 2.60. The fourth-order valence-corrected chi connectivity index (χ4v) is 2.10. The first kappa shape index (κ1) is 12.0. The van der Waals surface area contributed by atoms with Gasteiger partial charge in [-0.05, 0) is 46.1 Å². The zero-order valence-corrected chi connectivity index (χ0v) is 11.2. The number of hydrogen-bond donors (Lipinski definition) is 1. The van der Waals surface area contributed by atoms with Gasteiger partial charge in [-0.25, -0.2) is 0 Å². The maximum atomic E-state index is 5.87. The molecular formula is C14H14BrNO. The van der Waals surface area contributed by atoms with E-state index >= 15 is 0 Å². The van der Waals surface area contributed by atoms with Crippen LogP contribution in [0.25, 0.3) is 0 Å². The van der Waals surface area contributed by atoms with Crippen molar-refractivity contribution in [3.8, 4) is 5.75 Å². The van der Waals surface area contributed by atoms with Crippen LogP contribution in [-0.2, 0) is 6.61 Å². The van der Waals surface area contributed by atoms with Crippen LogP contribution in [0.4, 0.5) is 5.69 Å². The van der Waals surface area contributed by atoms with Crippen LogP contribution in [0.15, 0.2) is 46.9 Å². The number of ether oxygens (including phenoxy) is 1. The molecule has 0 radical (unpaired) electrons. The van der Waals surface area contributed by atoms with Gasteiger partial charge in [0.15, 0.2) is 5.75 Å². The summed E-state index contributed by atoms with van der Waals surface area (Å²) < 4.78 is 6.64. The van der Waals surface area contributed by atoms with Crippen molar-refractivity contribution in [3.63, 3.8) is 0 Å². The monoisotopic (exact) mass is 291 g/mol. The molecule has 0 aliphatic heterocycles. The van der Waals surface area contributed by atoms with E-state index in [0.717, 1.165) is 4.47 Å². The zero-order chi connectivity index (χ0) is 12.3. The van der Waals surface area contributed by atoms with Crippen LogP contribution in [0.2, 0.25) is 0 Å². The van der Waals surface area contributed by atoms with Crippen molar-refractivity contribution in [2.45, 2.75) is 13.5 Å². The first-order valence-electron chi connectivity index (χ1n) is 5.40. The summed E-state index contributed by atoms with van der Waals surface area (Å²) in [5.41, 5.74) is 8.90. The lowest BCUT2D eigenvalue weighted by molar-refractivity contribution is 0.305. The SMILES string of the molecule is Cc1ccccc1COc1c(N)cccc1Br. The van der Waals surface area contributed by atoms with Gasteiger partial charge < -0.3 is 10.5 Å². The van der Waals surface area contributed by atoms with Gasteiger partial charge in [-0.3, -0.25) is 0 Å². The number of hydrogen-bond acceptors (Lipinski definition) is 2. The quantitative estimate of drug-likeness (QED) is 0.870. The van der Waals surface area contributed by atoms with E-state index in [0.29, 0.717) is 18.0 Å². The Bertz CT molecular complexity index is 505. The van der Waals surface area contributed by atoms with Gasteiger partial charge in [0.05, 0.1) is 10.2 Å². The largest absolute Gasteiger partial charge is 0.486 e. The van der Waals surface area contributed by atoms with Crippen LogP contribution < -0.4 is 10.5 Å². The molecule has 0 heterocycles. The van der Waals surface area contributed by atoms with E-state index in [-0.39, 0.29) is 0 Å². The molecule has 0 aliphatic rings. The van der Waals surface area contributed by atoms with Crippen molar-refractivity contribution in [3.05, 3.63) is 58.1 Å². The molecule has 88 valence electrons. The molecule has 2 aromatic carbocycles. The summed E-state index contributed by atoms with van der Waals surface area (Å²) in [6.07, 6.45) is 0. The van der Waals surface area contributed by atoms with Crippen LogP contribution in [0.5, 0.6) is 5.75 Å². The number of rotatable bonds is 3. The van der Waals surface area contributed by atoms with Crippen LogP contribution in [0, 0.1) is 6.92 Å². The summed E-state index contributed by atoms with van der Waals surface area (Å²) in [5.74, 6) is 0.704. The van der Waals surface area contributed by atoms with Crippen LogP contribution >= 0.6 is 15.9 Å². The molecule has 0 atom stereocenters. The summed E-state index contributed by atoms with van der Waals surface area (Å²) in [5, 5.41) is 0. The van der Waals surface area contributed by atoms with E-state index in [2.05, 4.69) is 35.0 Å². The van der Waals surface area contributed by atoms with Gasteiger partial charge in [-0.15, -0.1) is 0 Å². The maximum absolute atomic E-state index is 5.87. The molecule has 3 heteroatoms. The highest BCUT2D eigenvalue weighted by Gasteiger charge is 2.06. The Labute approximate surface area is 110 Å². The number of nitrogen functional groups attached to an aromatic ring is 1. The van der Waals surface area contributed by atoms with Crippen molar-refractivity contribution in [2.75, 3.05) is 5.73 Å². The van der Waals surface area contributed by atoms with E-state index in [9.17, 15) is 0 Å². The standard InChI is InChI=1S/C14H14BrNO/c1-10-5-2-3-6-11(10)9-17-14-12(15)7-4-8-13(14)16/h2-8H,9,16H2,1H3. The Morgan fingerprint density at radius 2 is 1.88 bits per heavy atom. The lowest BCUT2D eigenvalue weighted by atomic mass is 10.1. The Morgan fingerprint density at radius 1 is 1.12 bits per heavy atom. The third-order valence-corrected chi connectivity index (χ3v) is 3.26. The lowest BCUT2D eigenvalue weighted by Gasteiger charge is -2.12. The minimum absolute atomic E-state index is 0.527. The van der Waals surface area contributed by atoms with Crippen molar-refractivity contribution in [1.29, 1.82) is 0 Å². The molecule has 0 fully saturated rings. The number of para-hydroxylation sites is 1. The third-order valence-electron chi connectivity index (χ3n) is 2.63. The lowest BCUT2D eigenvalue weighted by Crippen LogP contribution is -2.00. The molecule has 0 saturated carbocycles. The van der Waals surface area contributed by atoms with Crippen molar-refractivity contribution in [1.82, 2.24) is 0 Å². The van der Waals surface area contributed by atoms with Gasteiger partial charge in [-0.1, -0.05) is 30.3 Å². The first-order valence-corrected chi connectivity index (χ1v) is 6.19. The number of nitrogens with two attached hydrogens (primary N) is 1. The molecule has 17 heavy (non-hydrogen) atoms. The summed E-state index contributed by atoms with van der Waals surface area (Å²) >= 11 is 3.43. The second kappa shape index (κ2) is 5.23. The molecule has 0 aliphatic carbocycles. The van der Waals surface area contributed by atoms with Gasteiger partial charge in [0.2, 0.25) is 0 Å². The number of anilines is 1. The van der Waals surface area contributed by atoms with Gasteiger partial charge in [-0.2, -0.15) is 0 Å². The smallest absolute Gasteiger partial charge is 0.156 e. The molecular weight excluding hydrogens is 278 g/mol. The topological polar surface area (TPSA) is 35.2 Å². The highest BCUT2D eigenvalue weighted by atomic mass is 79.9. The van der Waals surface area contributed by atoms with Gasteiger partial charge in [0.1, 0.15) is 6.61 Å². The highest BCUT2D eigenvalue weighted by Crippen LogP contribution is 2.31. The molecule has 2 rings (SSSR count). The second-order valence-electron chi connectivity index (χ2n) is 3.87. The van der Waals surface area contributed by atoms with Crippen LogP contribution in [0.3, 0.4) is 0 Å². The van der Waals surface area contributed by atoms with Gasteiger partial charge >= 0.3 is 0 Å². The van der Waals surface area contributed by atoms with Crippen molar-refractivity contribution < 1.29 is 4.74 Å². The maximum Gasteiger partial charge on any atom is 0.156 e. The Morgan fingerprint density at radius 3 is 2.59 bits per heavy atom. The van der Waals surface area contributed by atoms with E-state index < -0.39 is 0 Å². The molecule has 2 N–H and O–H groups in total. The molecule has 0 aromatic heterocycles. The molecule has 0 saturated heterocycles. The fourth-order valence-electron chi connectivity index (χ4n) is 1.60. The predicted octanol–water partition coefficient (Wildman–Crippen LogP) is 3.92. The van der Waals surface area contributed by atoms with E-state index in [4.69, 9.17) is 10.5 Å². The zero-order valence-electron chi connectivity index (χ0n) is 9.61. The summed E-state index contributed by atoms with van der Waals surface area (Å²) in [6, 6.07) is 13.8. The van der Waals surface area contributed by atoms with Crippen LogP contribution in [-0.4, -0.2) is 0 Å². The second-order valence-corrected chi connectivity index (χ2v) is 4.73. The van der Waals surface area contributed by atoms with Gasteiger partial charge in [0.25, 0.3) is 0 Å². The first-order chi connectivity index (χ1) is 8.18. The number of aryl methyl sites for hydroxylation is 1. The Kier molecular flexibility index (Phi) is 3.69. The molecule has 2 nitrogen and oxygen atoms in total. The normalized spacial score (nSPS) is 10.2. The predicted molar refractivity (Wildman–Crippen MR) is 74.1 cm³/mol. The molecule has 0 amide bonds.